The minimum atomic E-state index is -0.276. The van der Waals surface area contributed by atoms with E-state index >= 15 is 0 Å². The van der Waals surface area contributed by atoms with Crippen LogP contribution in [0.3, 0.4) is 0 Å². The predicted molar refractivity (Wildman–Crippen MR) is 90.7 cm³/mol. The van der Waals surface area contributed by atoms with Gasteiger partial charge in [0.2, 0.25) is 0 Å². The third-order valence-electron chi connectivity index (χ3n) is 3.79. The van der Waals surface area contributed by atoms with E-state index in [1.807, 2.05) is 12.3 Å². The molecule has 3 rings (SSSR count). The Hall–Kier alpha value is -2.75. The number of rotatable bonds is 4. The molecule has 0 aliphatic carbocycles. The minimum Gasteiger partial charge on any atom is -0.346 e. The zero-order chi connectivity index (χ0) is 16.4. The standard InChI is InChI=1S/C19H17FN2O/c1-12(2)18-15(4-3-11-23)17(13-5-7-14(20)8-6-13)16-9-10-21-19(16)22-18/h3-12H,1-2H3,(H,21,22). The number of nitrogens with zero attached hydrogens (tertiary/aromatic N) is 1. The summed E-state index contributed by atoms with van der Waals surface area (Å²) in [7, 11) is 0. The van der Waals surface area contributed by atoms with Gasteiger partial charge in [-0.25, -0.2) is 9.37 Å². The first kappa shape index (κ1) is 15.2. The number of carbonyl (C=O) groups is 1. The van der Waals surface area contributed by atoms with Crippen LogP contribution < -0.4 is 0 Å². The van der Waals surface area contributed by atoms with Crippen molar-refractivity contribution in [1.82, 2.24) is 9.97 Å². The van der Waals surface area contributed by atoms with Gasteiger partial charge in [0.05, 0.1) is 5.69 Å². The molecule has 4 heteroatoms. The minimum absolute atomic E-state index is 0.188. The molecule has 0 amide bonds. The van der Waals surface area contributed by atoms with Crippen LogP contribution in [-0.4, -0.2) is 16.3 Å². The first-order valence-electron chi connectivity index (χ1n) is 7.50. The lowest BCUT2D eigenvalue weighted by molar-refractivity contribution is -0.104. The van der Waals surface area contributed by atoms with E-state index in [4.69, 9.17) is 4.98 Å². The number of allylic oxidation sites excluding steroid dienone is 1. The lowest BCUT2D eigenvalue weighted by Crippen LogP contribution is -2.00. The number of halogens is 1. The van der Waals surface area contributed by atoms with Gasteiger partial charge in [0, 0.05) is 22.7 Å². The zero-order valence-electron chi connectivity index (χ0n) is 13.0. The van der Waals surface area contributed by atoms with E-state index < -0.39 is 0 Å². The van der Waals surface area contributed by atoms with E-state index in [2.05, 4.69) is 18.8 Å². The predicted octanol–water partition coefficient (Wildman–Crippen LogP) is 4.70. The number of fused-ring (bicyclic) bond motifs is 1. The lowest BCUT2D eigenvalue weighted by atomic mass is 9.92. The number of aromatic amines is 1. The Bertz CT molecular complexity index is 876. The summed E-state index contributed by atoms with van der Waals surface area (Å²) in [6.07, 6.45) is 5.83. The van der Waals surface area contributed by atoms with Gasteiger partial charge in [-0.3, -0.25) is 4.79 Å². The third kappa shape index (κ3) is 2.80. The summed E-state index contributed by atoms with van der Waals surface area (Å²) in [5.41, 5.74) is 4.43. The monoisotopic (exact) mass is 308 g/mol. The maximum Gasteiger partial charge on any atom is 0.142 e. The number of aldehydes is 1. The molecule has 1 N–H and O–H groups in total. The Kier molecular flexibility index (Phi) is 4.06. The van der Waals surface area contributed by atoms with E-state index in [9.17, 15) is 9.18 Å². The van der Waals surface area contributed by atoms with Gasteiger partial charge in [-0.2, -0.15) is 0 Å². The molecule has 2 heterocycles. The molecule has 3 nitrogen and oxygen atoms in total. The van der Waals surface area contributed by atoms with Crippen molar-refractivity contribution in [3.8, 4) is 11.1 Å². The highest BCUT2D eigenvalue weighted by Gasteiger charge is 2.17. The summed E-state index contributed by atoms with van der Waals surface area (Å²) in [6.45, 7) is 4.12. The van der Waals surface area contributed by atoms with Gasteiger partial charge in [0.25, 0.3) is 0 Å². The third-order valence-corrected chi connectivity index (χ3v) is 3.79. The average Bonchev–Trinajstić information content (AvgIpc) is 3.00. The van der Waals surface area contributed by atoms with Gasteiger partial charge in [0.1, 0.15) is 17.8 Å². The second kappa shape index (κ2) is 6.16. The maximum absolute atomic E-state index is 13.3. The largest absolute Gasteiger partial charge is 0.346 e. The summed E-state index contributed by atoms with van der Waals surface area (Å²) in [5.74, 6) is -0.0876. The van der Waals surface area contributed by atoms with E-state index in [1.54, 1.807) is 18.2 Å². The number of H-pyrrole nitrogens is 1. The van der Waals surface area contributed by atoms with E-state index in [0.717, 1.165) is 39.7 Å². The normalized spacial score (nSPS) is 11.7. The Balaban J connectivity index is 2.39. The number of benzene rings is 1. The van der Waals surface area contributed by atoms with Crippen LogP contribution in [0.2, 0.25) is 0 Å². The summed E-state index contributed by atoms with van der Waals surface area (Å²) in [6, 6.07) is 8.33. The van der Waals surface area contributed by atoms with Crippen molar-refractivity contribution in [3.63, 3.8) is 0 Å². The summed E-state index contributed by atoms with van der Waals surface area (Å²) in [5, 5.41) is 0.951. The van der Waals surface area contributed by atoms with E-state index in [0.29, 0.717) is 0 Å². The molecule has 3 aromatic rings. The molecule has 0 atom stereocenters. The van der Waals surface area contributed by atoms with Crippen molar-refractivity contribution in [2.24, 2.45) is 0 Å². The summed E-state index contributed by atoms with van der Waals surface area (Å²) >= 11 is 0. The van der Waals surface area contributed by atoms with Crippen molar-refractivity contribution in [3.05, 3.63) is 59.7 Å². The SMILES string of the molecule is CC(C)c1nc2[nH]ccc2c(-c2ccc(F)cc2)c1C=CC=O. The molecule has 0 aliphatic rings. The van der Waals surface area contributed by atoms with Gasteiger partial charge in [-0.05, 0) is 41.8 Å². The van der Waals surface area contributed by atoms with Crippen molar-refractivity contribution in [2.45, 2.75) is 19.8 Å². The first-order valence-corrected chi connectivity index (χ1v) is 7.50. The van der Waals surface area contributed by atoms with Crippen LogP contribution in [-0.2, 0) is 4.79 Å². The van der Waals surface area contributed by atoms with Gasteiger partial charge in [0.15, 0.2) is 0 Å². The van der Waals surface area contributed by atoms with Gasteiger partial charge < -0.3 is 4.98 Å². The lowest BCUT2D eigenvalue weighted by Gasteiger charge is -2.15. The fraction of sp³-hybridized carbons (Fsp3) is 0.158. The van der Waals surface area contributed by atoms with E-state index in [-0.39, 0.29) is 11.7 Å². The number of aromatic nitrogens is 2. The van der Waals surface area contributed by atoms with Crippen LogP contribution in [0.1, 0.15) is 31.0 Å². The van der Waals surface area contributed by atoms with Crippen molar-refractivity contribution in [1.29, 1.82) is 0 Å². The van der Waals surface area contributed by atoms with Crippen LogP contribution in [0.25, 0.3) is 28.2 Å². The molecule has 23 heavy (non-hydrogen) atoms. The number of carbonyl (C=O) groups excluding carboxylic acids is 1. The molecule has 0 radical (unpaired) electrons. The number of hydrogen-bond donors (Lipinski definition) is 1. The highest BCUT2D eigenvalue weighted by Crippen LogP contribution is 2.36. The van der Waals surface area contributed by atoms with Crippen molar-refractivity contribution in [2.75, 3.05) is 0 Å². The fourth-order valence-electron chi connectivity index (χ4n) is 2.78. The average molecular weight is 308 g/mol. The Morgan fingerprint density at radius 3 is 2.57 bits per heavy atom. The Morgan fingerprint density at radius 1 is 1.17 bits per heavy atom. The van der Waals surface area contributed by atoms with Gasteiger partial charge in [-0.1, -0.05) is 26.0 Å². The van der Waals surface area contributed by atoms with Crippen molar-refractivity contribution < 1.29 is 9.18 Å². The number of hydrogen-bond acceptors (Lipinski definition) is 2. The van der Waals surface area contributed by atoms with Crippen LogP contribution in [0.4, 0.5) is 4.39 Å². The Morgan fingerprint density at radius 2 is 1.91 bits per heavy atom. The number of pyridine rings is 1. The van der Waals surface area contributed by atoms with Crippen LogP contribution in [0.15, 0.2) is 42.6 Å². The second-order valence-corrected chi connectivity index (χ2v) is 5.68. The molecule has 0 spiro atoms. The smallest absolute Gasteiger partial charge is 0.142 e. The van der Waals surface area contributed by atoms with Gasteiger partial charge >= 0.3 is 0 Å². The number of nitrogens with one attached hydrogen (secondary N) is 1. The summed E-state index contributed by atoms with van der Waals surface area (Å²) < 4.78 is 13.3. The Labute approximate surface area is 133 Å². The topological polar surface area (TPSA) is 45.8 Å². The van der Waals surface area contributed by atoms with Crippen molar-refractivity contribution >= 4 is 23.4 Å². The quantitative estimate of drug-likeness (QED) is 0.560. The van der Waals surface area contributed by atoms with E-state index in [1.165, 1.54) is 18.2 Å². The molecule has 116 valence electrons. The molecule has 0 saturated heterocycles. The molecule has 0 fully saturated rings. The first-order chi connectivity index (χ1) is 11.1. The molecule has 0 saturated carbocycles. The zero-order valence-corrected chi connectivity index (χ0v) is 13.0. The molecule has 2 aromatic heterocycles. The van der Waals surface area contributed by atoms with Crippen LogP contribution in [0.5, 0.6) is 0 Å². The highest BCUT2D eigenvalue weighted by molar-refractivity contribution is 5.99. The summed E-state index contributed by atoms with van der Waals surface area (Å²) in [4.78, 5) is 18.6. The van der Waals surface area contributed by atoms with Crippen LogP contribution in [0, 0.1) is 5.82 Å². The maximum atomic E-state index is 13.3. The molecule has 1 aromatic carbocycles. The van der Waals surface area contributed by atoms with Gasteiger partial charge in [-0.15, -0.1) is 0 Å². The molecular formula is C19H17FN2O. The second-order valence-electron chi connectivity index (χ2n) is 5.68. The molecule has 0 unspecified atom stereocenters. The molecule has 0 aliphatic heterocycles. The molecule has 0 bridgehead atoms. The molecular weight excluding hydrogens is 291 g/mol. The highest BCUT2D eigenvalue weighted by atomic mass is 19.1. The fourth-order valence-corrected chi connectivity index (χ4v) is 2.78. The van der Waals surface area contributed by atoms with Crippen LogP contribution >= 0.6 is 0 Å².